The monoisotopic (exact) mass is 289 g/mol. The van der Waals surface area contributed by atoms with Gasteiger partial charge in [0.05, 0.1) is 5.70 Å². The molecule has 1 heteroatoms. The van der Waals surface area contributed by atoms with Crippen molar-refractivity contribution in [3.05, 3.63) is 42.4 Å². The first kappa shape index (κ1) is 19.8. The van der Waals surface area contributed by atoms with Crippen molar-refractivity contribution in [2.45, 2.75) is 66.7 Å². The van der Waals surface area contributed by atoms with Crippen molar-refractivity contribution in [1.82, 2.24) is 4.90 Å². The van der Waals surface area contributed by atoms with Crippen LogP contribution in [-0.2, 0) is 0 Å². The fourth-order valence-electron chi connectivity index (χ4n) is 2.76. The van der Waals surface area contributed by atoms with Crippen LogP contribution in [0.3, 0.4) is 0 Å². The predicted octanol–water partition coefficient (Wildman–Crippen LogP) is 6.31. The highest BCUT2D eigenvalue weighted by molar-refractivity contribution is 5.22. The van der Waals surface area contributed by atoms with Gasteiger partial charge in [0.1, 0.15) is 0 Å². The average molecular weight is 290 g/mol. The molecule has 0 aromatic rings. The van der Waals surface area contributed by atoms with Gasteiger partial charge in [-0.15, -0.1) is 12.3 Å². The normalized spacial score (nSPS) is 17.6. The highest BCUT2D eigenvalue weighted by atomic mass is 15.2. The maximum Gasteiger partial charge on any atom is 0.0637 e. The van der Waals surface area contributed by atoms with Gasteiger partial charge in [0, 0.05) is 18.2 Å². The Bertz CT molecular complexity index is 383. The van der Waals surface area contributed by atoms with Gasteiger partial charge in [0.15, 0.2) is 0 Å². The van der Waals surface area contributed by atoms with Crippen molar-refractivity contribution in [3.8, 4) is 0 Å². The first-order chi connectivity index (χ1) is 9.97. The van der Waals surface area contributed by atoms with Gasteiger partial charge in [-0.2, -0.15) is 0 Å². The van der Waals surface area contributed by atoms with Crippen LogP contribution < -0.4 is 0 Å². The molecule has 1 atom stereocenters. The minimum Gasteiger partial charge on any atom is -0.343 e. The zero-order valence-electron chi connectivity index (χ0n) is 15.0. The van der Waals surface area contributed by atoms with E-state index in [1.54, 1.807) is 0 Å². The lowest BCUT2D eigenvalue weighted by molar-refractivity contribution is 0.395. The van der Waals surface area contributed by atoms with E-state index in [0.29, 0.717) is 11.8 Å². The van der Waals surface area contributed by atoms with Gasteiger partial charge in [-0.3, -0.25) is 0 Å². The van der Waals surface area contributed by atoms with E-state index >= 15 is 0 Å². The quantitative estimate of drug-likeness (QED) is 0.301. The molecule has 1 unspecified atom stereocenters. The molecule has 0 aromatic heterocycles. The van der Waals surface area contributed by atoms with Crippen molar-refractivity contribution in [2.24, 2.45) is 11.8 Å². The van der Waals surface area contributed by atoms with Gasteiger partial charge < -0.3 is 4.90 Å². The van der Waals surface area contributed by atoms with E-state index in [2.05, 4.69) is 51.1 Å². The number of likely N-dealkylation sites (tertiary alicyclic amines) is 1. The summed E-state index contributed by atoms with van der Waals surface area (Å²) >= 11 is 0. The molecule has 1 fully saturated rings. The lowest BCUT2D eigenvalue weighted by Gasteiger charge is -2.22. The SMILES string of the molecule is C=C=C1C(C(C)C)CC(=C)N1CCCCCC(=C)C.CC. The van der Waals surface area contributed by atoms with Crippen LogP contribution in [-0.4, -0.2) is 11.4 Å². The van der Waals surface area contributed by atoms with E-state index in [1.165, 1.54) is 36.2 Å². The second-order valence-electron chi connectivity index (χ2n) is 6.10. The van der Waals surface area contributed by atoms with Crippen LogP contribution in [0.4, 0.5) is 0 Å². The molecule has 0 aromatic carbocycles. The minimum atomic E-state index is 0.556. The summed E-state index contributed by atoms with van der Waals surface area (Å²) in [7, 11) is 0. The number of hydrogen-bond acceptors (Lipinski definition) is 1. The van der Waals surface area contributed by atoms with E-state index in [-0.39, 0.29) is 0 Å². The molecule has 1 aliphatic heterocycles. The molecule has 21 heavy (non-hydrogen) atoms. The predicted molar refractivity (Wildman–Crippen MR) is 96.1 cm³/mol. The molecule has 120 valence electrons. The maximum absolute atomic E-state index is 4.22. The van der Waals surface area contributed by atoms with Crippen molar-refractivity contribution in [1.29, 1.82) is 0 Å². The van der Waals surface area contributed by atoms with Gasteiger partial charge in [0.2, 0.25) is 0 Å². The number of hydrogen-bond donors (Lipinski definition) is 0. The Hall–Kier alpha value is -1.20. The molecule has 0 bridgehead atoms. The van der Waals surface area contributed by atoms with Crippen LogP contribution in [0, 0.1) is 11.8 Å². The summed E-state index contributed by atoms with van der Waals surface area (Å²) < 4.78 is 0. The zero-order valence-corrected chi connectivity index (χ0v) is 15.0. The summed E-state index contributed by atoms with van der Waals surface area (Å²) in [5.74, 6) is 1.19. The number of unbranched alkanes of at least 4 members (excludes halogenated alkanes) is 2. The maximum atomic E-state index is 4.22. The lowest BCUT2D eigenvalue weighted by Crippen LogP contribution is -2.19. The number of rotatable bonds is 7. The Morgan fingerprint density at radius 2 is 1.90 bits per heavy atom. The van der Waals surface area contributed by atoms with Gasteiger partial charge in [0.25, 0.3) is 0 Å². The van der Waals surface area contributed by atoms with Crippen molar-refractivity contribution >= 4 is 0 Å². The summed E-state index contributed by atoms with van der Waals surface area (Å²) in [6.07, 6.45) is 5.94. The molecule has 0 radical (unpaired) electrons. The molecular formula is C20H35N. The first-order valence-electron chi connectivity index (χ1n) is 8.47. The van der Waals surface area contributed by atoms with Gasteiger partial charge >= 0.3 is 0 Å². The highest BCUT2D eigenvalue weighted by Crippen LogP contribution is 2.38. The lowest BCUT2D eigenvalue weighted by atomic mass is 9.92. The van der Waals surface area contributed by atoms with E-state index in [0.717, 1.165) is 19.4 Å². The average Bonchev–Trinajstić information content (AvgIpc) is 2.77. The third-order valence-corrected chi connectivity index (χ3v) is 3.95. The summed E-state index contributed by atoms with van der Waals surface area (Å²) in [4.78, 5) is 2.35. The van der Waals surface area contributed by atoms with Crippen LogP contribution in [0.1, 0.15) is 66.7 Å². The third-order valence-electron chi connectivity index (χ3n) is 3.95. The second kappa shape index (κ2) is 10.5. The molecule has 0 saturated carbocycles. The Labute approximate surface area is 133 Å². The number of nitrogens with zero attached hydrogens (tertiary/aromatic N) is 1. The summed E-state index contributed by atoms with van der Waals surface area (Å²) in [6.45, 7) is 23.7. The fourth-order valence-corrected chi connectivity index (χ4v) is 2.76. The Balaban J connectivity index is 0.00000191. The van der Waals surface area contributed by atoms with Crippen LogP contribution in [0.5, 0.6) is 0 Å². The van der Waals surface area contributed by atoms with Crippen molar-refractivity contribution < 1.29 is 0 Å². The van der Waals surface area contributed by atoms with Crippen LogP contribution in [0.25, 0.3) is 0 Å². The second-order valence-corrected chi connectivity index (χ2v) is 6.10. The minimum absolute atomic E-state index is 0.556. The van der Waals surface area contributed by atoms with E-state index < -0.39 is 0 Å². The smallest absolute Gasteiger partial charge is 0.0637 e. The molecular weight excluding hydrogens is 254 g/mol. The molecule has 0 amide bonds. The molecule has 1 nitrogen and oxygen atoms in total. The van der Waals surface area contributed by atoms with E-state index in [9.17, 15) is 0 Å². The highest BCUT2D eigenvalue weighted by Gasteiger charge is 2.32. The van der Waals surface area contributed by atoms with Crippen molar-refractivity contribution in [2.75, 3.05) is 6.54 Å². The molecule has 0 N–H and O–H groups in total. The largest absolute Gasteiger partial charge is 0.343 e. The summed E-state index contributed by atoms with van der Waals surface area (Å²) in [5, 5.41) is 0. The molecule has 1 saturated heterocycles. The van der Waals surface area contributed by atoms with Gasteiger partial charge in [-0.05, 0) is 38.5 Å². The molecule has 0 aliphatic carbocycles. The number of allylic oxidation sites excluding steroid dienone is 3. The summed E-state index contributed by atoms with van der Waals surface area (Å²) in [6, 6.07) is 0. The third kappa shape index (κ3) is 6.40. The topological polar surface area (TPSA) is 3.24 Å². The van der Waals surface area contributed by atoms with E-state index in [1.807, 2.05) is 13.8 Å². The van der Waals surface area contributed by atoms with E-state index in [4.69, 9.17) is 0 Å². The van der Waals surface area contributed by atoms with Crippen LogP contribution in [0.2, 0.25) is 0 Å². The molecule has 1 heterocycles. The van der Waals surface area contributed by atoms with Gasteiger partial charge in [-0.25, -0.2) is 0 Å². The van der Waals surface area contributed by atoms with Crippen LogP contribution in [0.15, 0.2) is 42.4 Å². The Morgan fingerprint density at radius 1 is 1.29 bits per heavy atom. The first-order valence-corrected chi connectivity index (χ1v) is 8.47. The molecule has 1 aliphatic rings. The molecule has 1 rings (SSSR count). The Morgan fingerprint density at radius 3 is 2.38 bits per heavy atom. The van der Waals surface area contributed by atoms with Gasteiger partial charge in [-0.1, -0.05) is 52.8 Å². The van der Waals surface area contributed by atoms with Crippen molar-refractivity contribution in [3.63, 3.8) is 0 Å². The van der Waals surface area contributed by atoms with Crippen LogP contribution >= 0.6 is 0 Å². The fraction of sp³-hybridized carbons (Fsp3) is 0.650. The summed E-state index contributed by atoms with van der Waals surface area (Å²) in [5.41, 5.74) is 6.95. The zero-order chi connectivity index (χ0) is 16.4. The molecule has 0 spiro atoms. The Kier molecular flexibility index (Phi) is 9.91. The standard InChI is InChI=1S/C18H29N.C2H6/c1-7-18-17(15(4)5)13-16(6)19(18)12-10-8-9-11-14(2)3;1-2/h15,17H,1-2,6,8-13H2,3-5H3;1-2H3.